The number of hydrogen-bond acceptors (Lipinski definition) is 4. The van der Waals surface area contributed by atoms with Crippen LogP contribution in [0.2, 0.25) is 0 Å². The van der Waals surface area contributed by atoms with E-state index in [1.54, 1.807) is 6.08 Å². The molecule has 0 saturated heterocycles. The number of allylic oxidation sites excluding steroid dienone is 17. The molecule has 6 aromatic rings. The second-order valence-corrected chi connectivity index (χ2v) is 16.4. The molecule has 5 nitrogen and oxygen atoms in total. The zero-order chi connectivity index (χ0) is 45.2. The Hall–Kier alpha value is -8.28. The number of nitrogens with two attached hydrogens (primary N) is 1. The van der Waals surface area contributed by atoms with E-state index in [9.17, 15) is 0 Å². The minimum absolute atomic E-state index is 0.604. The Morgan fingerprint density at radius 3 is 2.23 bits per heavy atom. The minimum atomic E-state index is 0.604. The van der Waals surface area contributed by atoms with Gasteiger partial charge in [-0.3, -0.25) is 4.57 Å². The van der Waals surface area contributed by atoms with Gasteiger partial charge in [0, 0.05) is 35.3 Å². The molecule has 0 fully saturated rings. The van der Waals surface area contributed by atoms with Gasteiger partial charge >= 0.3 is 0 Å². The van der Waals surface area contributed by atoms with Gasteiger partial charge in [-0.2, -0.15) is 0 Å². The number of anilines is 1. The summed E-state index contributed by atoms with van der Waals surface area (Å²) < 4.78 is 2.26. The van der Waals surface area contributed by atoms with Gasteiger partial charge in [0.05, 0.1) is 17.1 Å². The van der Waals surface area contributed by atoms with Gasteiger partial charge in [0.1, 0.15) is 11.6 Å². The molecule has 0 unspecified atom stereocenters. The molecular weight excluding hydrogens is 803 g/mol. The van der Waals surface area contributed by atoms with Crippen LogP contribution in [0.1, 0.15) is 60.1 Å². The Morgan fingerprint density at radius 1 is 0.758 bits per heavy atom. The number of fused-ring (bicyclic) bond motifs is 2. The van der Waals surface area contributed by atoms with E-state index in [4.69, 9.17) is 15.7 Å². The molecule has 2 heterocycles. The van der Waals surface area contributed by atoms with Crippen molar-refractivity contribution in [3.8, 4) is 11.1 Å². The predicted molar refractivity (Wildman–Crippen MR) is 279 cm³/mol. The van der Waals surface area contributed by atoms with Gasteiger partial charge in [0.15, 0.2) is 0 Å². The maximum atomic E-state index is 6.52. The summed E-state index contributed by atoms with van der Waals surface area (Å²) in [5.74, 6) is 1.69. The van der Waals surface area contributed by atoms with Gasteiger partial charge < -0.3 is 10.6 Å². The molecule has 0 amide bonds. The SMILES string of the molecule is C=C/C=C\C(=C(/C)N)N(Cc1ccccc1)c1ccc(-c2ccc3c(c2)=C(c2ccccc2)/C(=C/C=C(\C=C)n2c(C4=CCC=CC=C4)nc4c2C=CCC=C4)CC=3c2ccccc2)cn1. The van der Waals surface area contributed by atoms with Gasteiger partial charge in [-0.15, -0.1) is 0 Å². The number of nitrogens with zero attached hydrogens (tertiary/aromatic N) is 4. The predicted octanol–water partition coefficient (Wildman–Crippen LogP) is 12.7. The van der Waals surface area contributed by atoms with Crippen LogP contribution in [0.3, 0.4) is 0 Å². The summed E-state index contributed by atoms with van der Waals surface area (Å²) in [6.07, 6.45) is 36.0. The Balaban J connectivity index is 1.21. The Labute approximate surface area is 388 Å². The number of pyridine rings is 1. The molecule has 0 radical (unpaired) electrons. The first-order valence-corrected chi connectivity index (χ1v) is 22.6. The van der Waals surface area contributed by atoms with Crippen LogP contribution in [0.15, 0.2) is 237 Å². The zero-order valence-electron chi connectivity index (χ0n) is 37.4. The van der Waals surface area contributed by atoms with Crippen molar-refractivity contribution in [1.29, 1.82) is 0 Å². The summed E-state index contributed by atoms with van der Waals surface area (Å²) in [5, 5.41) is 2.39. The molecule has 0 atom stereocenters. The van der Waals surface area contributed by atoms with Crippen LogP contribution in [0.4, 0.5) is 5.82 Å². The molecular formula is C61H53N5. The van der Waals surface area contributed by atoms with Gasteiger partial charge in [0.2, 0.25) is 0 Å². The number of aromatic nitrogens is 3. The largest absolute Gasteiger partial charge is 0.401 e. The van der Waals surface area contributed by atoms with E-state index in [1.807, 2.05) is 37.4 Å². The van der Waals surface area contributed by atoms with Crippen LogP contribution in [0.25, 0.3) is 45.7 Å². The molecule has 2 aromatic heterocycles. The molecule has 0 saturated carbocycles. The quantitative estimate of drug-likeness (QED) is 0.118. The van der Waals surface area contributed by atoms with Crippen molar-refractivity contribution in [2.24, 2.45) is 5.73 Å². The van der Waals surface area contributed by atoms with Gasteiger partial charge in [-0.05, 0) is 124 Å². The van der Waals surface area contributed by atoms with Crippen molar-refractivity contribution in [3.05, 3.63) is 281 Å². The maximum Gasteiger partial charge on any atom is 0.145 e. The highest BCUT2D eigenvalue weighted by molar-refractivity contribution is 5.88. The Morgan fingerprint density at radius 2 is 1.50 bits per heavy atom. The molecule has 9 rings (SSSR count). The third kappa shape index (κ3) is 9.19. The second-order valence-electron chi connectivity index (χ2n) is 16.4. The van der Waals surface area contributed by atoms with Crippen LogP contribution in [0.5, 0.6) is 0 Å². The molecule has 5 heteroatoms. The number of hydrogen-bond donors (Lipinski definition) is 1. The summed E-state index contributed by atoms with van der Waals surface area (Å²) in [6, 6.07) is 43.1. The first-order valence-electron chi connectivity index (χ1n) is 22.6. The fourth-order valence-corrected chi connectivity index (χ4v) is 8.88. The van der Waals surface area contributed by atoms with E-state index in [0.29, 0.717) is 12.2 Å². The number of imidazole rings is 1. The highest BCUT2D eigenvalue weighted by atomic mass is 15.2. The van der Waals surface area contributed by atoms with Crippen molar-refractivity contribution >= 4 is 40.4 Å². The van der Waals surface area contributed by atoms with Gasteiger partial charge in [-0.25, -0.2) is 9.97 Å². The molecule has 2 N–H and O–H groups in total. The molecule has 3 aliphatic carbocycles. The molecule has 0 bridgehead atoms. The average molecular weight is 856 g/mol. The fourth-order valence-electron chi connectivity index (χ4n) is 8.88. The molecule has 322 valence electrons. The van der Waals surface area contributed by atoms with E-state index in [2.05, 4.69) is 205 Å². The lowest BCUT2D eigenvalue weighted by molar-refractivity contribution is 0.893. The maximum absolute atomic E-state index is 6.52. The van der Waals surface area contributed by atoms with Crippen molar-refractivity contribution in [2.75, 3.05) is 4.90 Å². The second kappa shape index (κ2) is 20.0. The minimum Gasteiger partial charge on any atom is -0.401 e. The standard InChI is InChI=1S/C61H53N5/c1-4-6-32-57(44(3)62)65(43-45-23-13-9-14-24-45)59-39-36-51(42-63-59)49-35-38-53-54(46-25-17-10-18-26-46)41-50(60(55(53)40-49)47-27-19-11-20-28-47)34-37-52(5-2)66-58-33-22-12-21-31-56(58)64-61(66)48-29-15-7-8-16-30-48/h4-11,13-15,17-40,42H,1-2,12,16,41,43,62H2,3H3/b32-6-,50-34+,52-37+,57-44-. The summed E-state index contributed by atoms with van der Waals surface area (Å²) in [4.78, 5) is 12.5. The Kier molecular flexibility index (Phi) is 13.1. The molecule has 66 heavy (non-hydrogen) atoms. The first-order chi connectivity index (χ1) is 32.5. The van der Waals surface area contributed by atoms with Gasteiger partial charge in [-0.1, -0.05) is 177 Å². The number of benzene rings is 4. The molecule has 4 aromatic carbocycles. The summed E-state index contributed by atoms with van der Waals surface area (Å²) in [5.41, 5.74) is 21.4. The highest BCUT2D eigenvalue weighted by Gasteiger charge is 2.22. The average Bonchev–Trinajstić information content (AvgIpc) is 3.54. The van der Waals surface area contributed by atoms with Crippen LogP contribution in [-0.4, -0.2) is 14.5 Å². The lowest BCUT2D eigenvalue weighted by Crippen LogP contribution is -2.34. The summed E-state index contributed by atoms with van der Waals surface area (Å²) in [7, 11) is 0. The van der Waals surface area contributed by atoms with Crippen LogP contribution >= 0.6 is 0 Å². The van der Waals surface area contributed by atoms with Crippen LogP contribution in [0, 0.1) is 0 Å². The molecule has 0 aliphatic heterocycles. The zero-order valence-corrected chi connectivity index (χ0v) is 37.4. The topological polar surface area (TPSA) is 60.0 Å². The molecule has 3 aliphatic rings. The first kappa shape index (κ1) is 43.0. The van der Waals surface area contributed by atoms with E-state index >= 15 is 0 Å². The van der Waals surface area contributed by atoms with Crippen molar-refractivity contribution < 1.29 is 0 Å². The normalized spacial score (nSPS) is 15.5. The van der Waals surface area contributed by atoms with Crippen molar-refractivity contribution in [1.82, 2.24) is 14.5 Å². The summed E-state index contributed by atoms with van der Waals surface area (Å²) >= 11 is 0. The van der Waals surface area contributed by atoms with Crippen molar-refractivity contribution in [3.63, 3.8) is 0 Å². The third-order valence-electron chi connectivity index (χ3n) is 12.1. The lowest BCUT2D eigenvalue weighted by atomic mass is 9.82. The van der Waals surface area contributed by atoms with E-state index in [-0.39, 0.29) is 0 Å². The molecule has 0 spiro atoms. The van der Waals surface area contributed by atoms with Crippen LogP contribution < -0.4 is 21.1 Å². The smallest absolute Gasteiger partial charge is 0.145 e. The lowest BCUT2D eigenvalue weighted by Gasteiger charge is -2.26. The van der Waals surface area contributed by atoms with Crippen LogP contribution in [-0.2, 0) is 6.54 Å². The third-order valence-corrected chi connectivity index (χ3v) is 12.1. The number of rotatable bonds is 13. The summed E-state index contributed by atoms with van der Waals surface area (Å²) in [6.45, 7) is 10.8. The fraction of sp³-hybridized carbons (Fsp3) is 0.0820. The van der Waals surface area contributed by atoms with E-state index in [1.165, 1.54) is 32.7 Å². The van der Waals surface area contributed by atoms with Gasteiger partial charge in [0.25, 0.3) is 0 Å². The van der Waals surface area contributed by atoms with E-state index < -0.39 is 0 Å². The van der Waals surface area contributed by atoms with E-state index in [0.717, 1.165) is 81.5 Å². The van der Waals surface area contributed by atoms with Crippen molar-refractivity contribution in [2.45, 2.75) is 32.7 Å². The monoisotopic (exact) mass is 855 g/mol. The Bertz CT molecular complexity index is 3200. The highest BCUT2D eigenvalue weighted by Crippen LogP contribution is 2.34.